The Kier molecular flexibility index (Phi) is 2.49. The van der Waals surface area contributed by atoms with Gasteiger partial charge in [-0.15, -0.1) is 0 Å². The maximum absolute atomic E-state index is 8.46. The SMILES string of the molecule is Cc1nn(-c2ccccc2)cc1/C=N\O. The lowest BCUT2D eigenvalue weighted by molar-refractivity contribution is 0.322. The topological polar surface area (TPSA) is 50.4 Å². The molecule has 1 N–H and O–H groups in total. The van der Waals surface area contributed by atoms with Crippen LogP contribution in [0, 0.1) is 6.92 Å². The van der Waals surface area contributed by atoms with Crippen molar-refractivity contribution >= 4 is 6.21 Å². The van der Waals surface area contributed by atoms with Crippen LogP contribution in [0.4, 0.5) is 0 Å². The predicted octanol–water partition coefficient (Wildman–Crippen LogP) is 1.99. The van der Waals surface area contributed by atoms with E-state index in [2.05, 4.69) is 10.3 Å². The first-order valence-corrected chi connectivity index (χ1v) is 4.60. The third-order valence-electron chi connectivity index (χ3n) is 2.15. The standard InChI is InChI=1S/C11H11N3O/c1-9-10(7-12-15)8-14(13-9)11-5-3-2-4-6-11/h2-8,15H,1H3/b12-7-. The molecular formula is C11H11N3O. The quantitative estimate of drug-likeness (QED) is 0.459. The summed E-state index contributed by atoms with van der Waals surface area (Å²) in [4.78, 5) is 0. The second kappa shape index (κ2) is 3.96. The number of rotatable bonds is 2. The van der Waals surface area contributed by atoms with Gasteiger partial charge in [-0.25, -0.2) is 4.68 Å². The van der Waals surface area contributed by atoms with Gasteiger partial charge in [0.2, 0.25) is 0 Å². The van der Waals surface area contributed by atoms with E-state index in [0.29, 0.717) is 0 Å². The van der Waals surface area contributed by atoms with Crippen LogP contribution in [0.15, 0.2) is 41.7 Å². The van der Waals surface area contributed by atoms with E-state index in [-0.39, 0.29) is 0 Å². The first-order valence-electron chi connectivity index (χ1n) is 4.60. The fourth-order valence-electron chi connectivity index (χ4n) is 1.38. The highest BCUT2D eigenvalue weighted by atomic mass is 16.4. The lowest BCUT2D eigenvalue weighted by atomic mass is 10.3. The highest BCUT2D eigenvalue weighted by Crippen LogP contribution is 2.09. The van der Waals surface area contributed by atoms with Crippen LogP contribution in [0.25, 0.3) is 5.69 Å². The number of aromatic nitrogens is 2. The number of oxime groups is 1. The highest BCUT2D eigenvalue weighted by Gasteiger charge is 2.03. The molecule has 0 fully saturated rings. The molecule has 4 nitrogen and oxygen atoms in total. The summed E-state index contributed by atoms with van der Waals surface area (Å²) in [5.74, 6) is 0. The molecule has 76 valence electrons. The Morgan fingerprint density at radius 2 is 2.07 bits per heavy atom. The van der Waals surface area contributed by atoms with Crippen molar-refractivity contribution in [2.45, 2.75) is 6.92 Å². The van der Waals surface area contributed by atoms with Gasteiger partial charge in [0.25, 0.3) is 0 Å². The number of hydrogen-bond donors (Lipinski definition) is 1. The molecule has 4 heteroatoms. The van der Waals surface area contributed by atoms with Crippen LogP contribution in [-0.2, 0) is 0 Å². The van der Waals surface area contributed by atoms with E-state index in [0.717, 1.165) is 16.9 Å². The Hall–Kier alpha value is -2.10. The number of para-hydroxylation sites is 1. The number of benzene rings is 1. The van der Waals surface area contributed by atoms with E-state index in [9.17, 15) is 0 Å². The first-order chi connectivity index (χ1) is 7.31. The Morgan fingerprint density at radius 1 is 1.33 bits per heavy atom. The molecule has 0 aliphatic rings. The van der Waals surface area contributed by atoms with Crippen LogP contribution >= 0.6 is 0 Å². The summed E-state index contributed by atoms with van der Waals surface area (Å²) in [5.41, 5.74) is 2.62. The molecule has 0 spiro atoms. The lowest BCUT2D eigenvalue weighted by Gasteiger charge is -1.98. The van der Waals surface area contributed by atoms with E-state index < -0.39 is 0 Å². The largest absolute Gasteiger partial charge is 0.411 e. The van der Waals surface area contributed by atoms with Gasteiger partial charge in [-0.3, -0.25) is 0 Å². The summed E-state index contributed by atoms with van der Waals surface area (Å²) in [5, 5.41) is 15.8. The summed E-state index contributed by atoms with van der Waals surface area (Å²) in [6, 6.07) is 9.78. The molecule has 2 rings (SSSR count). The van der Waals surface area contributed by atoms with Gasteiger partial charge in [0.05, 0.1) is 17.6 Å². The molecule has 0 aliphatic heterocycles. The molecule has 0 aliphatic carbocycles. The van der Waals surface area contributed by atoms with Gasteiger partial charge in [-0.1, -0.05) is 23.4 Å². The van der Waals surface area contributed by atoms with Gasteiger partial charge in [-0.05, 0) is 19.1 Å². The van der Waals surface area contributed by atoms with E-state index >= 15 is 0 Å². The fraction of sp³-hybridized carbons (Fsp3) is 0.0909. The minimum Gasteiger partial charge on any atom is -0.411 e. The second-order valence-corrected chi connectivity index (χ2v) is 3.19. The van der Waals surface area contributed by atoms with Crippen LogP contribution in [-0.4, -0.2) is 21.2 Å². The maximum atomic E-state index is 8.46. The van der Waals surface area contributed by atoms with Crippen molar-refractivity contribution in [2.24, 2.45) is 5.16 Å². The Labute approximate surface area is 87.5 Å². The van der Waals surface area contributed by atoms with Crippen molar-refractivity contribution in [3.05, 3.63) is 47.8 Å². The van der Waals surface area contributed by atoms with Crippen molar-refractivity contribution < 1.29 is 5.21 Å². The van der Waals surface area contributed by atoms with Gasteiger partial charge in [0.1, 0.15) is 0 Å². The van der Waals surface area contributed by atoms with Crippen LogP contribution in [0.1, 0.15) is 11.3 Å². The minimum atomic E-state index is 0.807. The zero-order chi connectivity index (χ0) is 10.7. The van der Waals surface area contributed by atoms with Gasteiger partial charge in [0.15, 0.2) is 0 Å². The number of hydrogen-bond acceptors (Lipinski definition) is 3. The normalized spacial score (nSPS) is 11.0. The van der Waals surface area contributed by atoms with Crippen LogP contribution in [0.3, 0.4) is 0 Å². The molecule has 0 amide bonds. The molecule has 0 unspecified atom stereocenters. The summed E-state index contributed by atoms with van der Waals surface area (Å²) in [7, 11) is 0. The van der Waals surface area contributed by atoms with E-state index in [1.807, 2.05) is 43.5 Å². The summed E-state index contributed by atoms with van der Waals surface area (Å²) < 4.78 is 1.76. The zero-order valence-corrected chi connectivity index (χ0v) is 8.33. The van der Waals surface area contributed by atoms with Crippen molar-refractivity contribution in [3.8, 4) is 5.69 Å². The van der Waals surface area contributed by atoms with Gasteiger partial charge in [-0.2, -0.15) is 5.10 Å². The monoisotopic (exact) mass is 201 g/mol. The molecule has 2 aromatic rings. The summed E-state index contributed by atoms with van der Waals surface area (Å²) in [6.45, 7) is 1.87. The third kappa shape index (κ3) is 1.88. The lowest BCUT2D eigenvalue weighted by Crippen LogP contribution is -1.93. The molecule has 1 aromatic heterocycles. The van der Waals surface area contributed by atoms with E-state index in [1.165, 1.54) is 6.21 Å². The highest BCUT2D eigenvalue weighted by molar-refractivity contribution is 5.80. The Balaban J connectivity index is 2.43. The van der Waals surface area contributed by atoms with Crippen molar-refractivity contribution in [2.75, 3.05) is 0 Å². The molecular weight excluding hydrogens is 190 g/mol. The van der Waals surface area contributed by atoms with E-state index in [4.69, 9.17) is 5.21 Å². The van der Waals surface area contributed by atoms with E-state index in [1.54, 1.807) is 4.68 Å². The van der Waals surface area contributed by atoms with Crippen molar-refractivity contribution in [1.82, 2.24) is 9.78 Å². The molecule has 0 bridgehead atoms. The van der Waals surface area contributed by atoms with Crippen LogP contribution in [0.2, 0.25) is 0 Å². The average molecular weight is 201 g/mol. The van der Waals surface area contributed by atoms with Crippen molar-refractivity contribution in [3.63, 3.8) is 0 Å². The molecule has 0 radical (unpaired) electrons. The average Bonchev–Trinajstić information content (AvgIpc) is 2.63. The molecule has 1 heterocycles. The third-order valence-corrected chi connectivity index (χ3v) is 2.15. The Bertz CT molecular complexity index is 474. The van der Waals surface area contributed by atoms with Crippen LogP contribution < -0.4 is 0 Å². The number of aryl methyl sites for hydroxylation is 1. The smallest absolute Gasteiger partial charge is 0.0768 e. The first kappa shape index (κ1) is 9.45. The van der Waals surface area contributed by atoms with Crippen LogP contribution in [0.5, 0.6) is 0 Å². The second-order valence-electron chi connectivity index (χ2n) is 3.19. The number of nitrogens with zero attached hydrogens (tertiary/aromatic N) is 3. The molecule has 0 saturated heterocycles. The minimum absolute atomic E-state index is 0.807. The van der Waals surface area contributed by atoms with Gasteiger partial charge in [0, 0.05) is 11.8 Å². The molecule has 0 atom stereocenters. The molecule has 1 aromatic carbocycles. The predicted molar refractivity (Wildman–Crippen MR) is 57.7 cm³/mol. The van der Waals surface area contributed by atoms with Gasteiger partial charge >= 0.3 is 0 Å². The fourth-order valence-corrected chi connectivity index (χ4v) is 1.38. The Morgan fingerprint density at radius 3 is 2.73 bits per heavy atom. The van der Waals surface area contributed by atoms with Crippen molar-refractivity contribution in [1.29, 1.82) is 0 Å². The van der Waals surface area contributed by atoms with Gasteiger partial charge < -0.3 is 5.21 Å². The zero-order valence-electron chi connectivity index (χ0n) is 8.33. The maximum Gasteiger partial charge on any atom is 0.0768 e. The summed E-state index contributed by atoms with van der Waals surface area (Å²) in [6.07, 6.45) is 3.20. The summed E-state index contributed by atoms with van der Waals surface area (Å²) >= 11 is 0. The molecule has 0 saturated carbocycles. The molecule has 15 heavy (non-hydrogen) atoms.